The third-order valence-electron chi connectivity index (χ3n) is 11.6. The van der Waals surface area contributed by atoms with Gasteiger partial charge < -0.3 is 9.38 Å². The van der Waals surface area contributed by atoms with Gasteiger partial charge in [-0.25, -0.2) is 0 Å². The van der Waals surface area contributed by atoms with Crippen molar-refractivity contribution in [1.29, 1.82) is 0 Å². The Bertz CT molecular complexity index is 2700. The summed E-state index contributed by atoms with van der Waals surface area (Å²) < 4.78 is 2.64. The Morgan fingerprint density at radius 1 is 0.592 bits per heavy atom. The quantitative estimate of drug-likeness (QED) is 0.174. The summed E-state index contributed by atoms with van der Waals surface area (Å²) in [5.74, 6) is 0. The van der Waals surface area contributed by atoms with Crippen molar-refractivity contribution in [2.75, 3.05) is 4.81 Å². The second-order valence-corrected chi connectivity index (χ2v) is 14.6. The lowest BCUT2D eigenvalue weighted by Crippen LogP contribution is -2.60. The summed E-state index contributed by atoms with van der Waals surface area (Å²) in [5.41, 5.74) is 19.8. The van der Waals surface area contributed by atoms with Gasteiger partial charge in [-0.05, 0) is 74.8 Å². The topological polar surface area (TPSA) is 8.17 Å². The van der Waals surface area contributed by atoms with E-state index >= 15 is 0 Å². The number of benzene rings is 7. The highest BCUT2D eigenvalue weighted by molar-refractivity contribution is 6.93. The maximum atomic E-state index is 2.66. The zero-order valence-corrected chi connectivity index (χ0v) is 27.8. The third kappa shape index (κ3) is 3.42. The van der Waals surface area contributed by atoms with Gasteiger partial charge >= 0.3 is 6.85 Å². The standard InChI is InChI=1S/C46H33BN2/c1-28-26-37-34-25-22-31-14-7-8-15-33(31)43(34)49(32-23-20-30(21-24-32)29-12-5-4-6-13-29)47-39-19-11-17-36-41-45(48(44(36)39)40(27-28)42(37)47)35-16-9-10-18-38(35)46(41,2)3/h4-27H,1-3H3. The zero-order chi connectivity index (χ0) is 32.6. The SMILES string of the molecule is Cc1cc2c3c(c1)-n1c4c(c5cccc(c51)B3N(c1ccc(-c3ccccc3)cc1)c1c-2ccc2ccccc12)C(C)(C)c1ccccc1-4. The van der Waals surface area contributed by atoms with Gasteiger partial charge in [0.25, 0.3) is 0 Å². The lowest BCUT2D eigenvalue weighted by atomic mass is 9.43. The molecule has 3 heteroatoms. The molecule has 49 heavy (non-hydrogen) atoms. The first-order valence-electron chi connectivity index (χ1n) is 17.4. The summed E-state index contributed by atoms with van der Waals surface area (Å²) in [7, 11) is 0. The average molecular weight is 625 g/mol. The van der Waals surface area contributed by atoms with Gasteiger partial charge in [-0.2, -0.15) is 0 Å². The lowest BCUT2D eigenvalue weighted by molar-refractivity contribution is 0.666. The monoisotopic (exact) mass is 624 g/mol. The van der Waals surface area contributed by atoms with Crippen LogP contribution in [0.1, 0.15) is 30.5 Å². The molecule has 0 radical (unpaired) electrons. The van der Waals surface area contributed by atoms with Gasteiger partial charge in [0.15, 0.2) is 0 Å². The van der Waals surface area contributed by atoms with Crippen molar-refractivity contribution in [2.45, 2.75) is 26.2 Å². The van der Waals surface area contributed by atoms with Gasteiger partial charge in [0.05, 0.1) is 11.2 Å². The summed E-state index contributed by atoms with van der Waals surface area (Å²) in [6.45, 7) is 7.09. The minimum Gasteiger partial charge on any atom is -0.376 e. The number of aryl methyl sites for hydroxylation is 1. The number of anilines is 2. The van der Waals surface area contributed by atoms with Crippen LogP contribution in [0.3, 0.4) is 0 Å². The number of fused-ring (bicyclic) bond motifs is 11. The van der Waals surface area contributed by atoms with E-state index < -0.39 is 0 Å². The Labute approximate surface area is 287 Å². The van der Waals surface area contributed by atoms with Crippen LogP contribution < -0.4 is 15.7 Å². The fourth-order valence-corrected chi connectivity index (χ4v) is 9.56. The maximum Gasteiger partial charge on any atom is 0.333 e. The van der Waals surface area contributed by atoms with Gasteiger partial charge in [0.2, 0.25) is 0 Å². The van der Waals surface area contributed by atoms with E-state index in [9.17, 15) is 0 Å². The van der Waals surface area contributed by atoms with Crippen LogP contribution >= 0.6 is 0 Å². The molecule has 1 aromatic heterocycles. The van der Waals surface area contributed by atoms with Gasteiger partial charge in [0.1, 0.15) is 0 Å². The zero-order valence-electron chi connectivity index (χ0n) is 27.8. The fraction of sp³-hybridized carbons (Fsp3) is 0.0870. The molecule has 0 saturated carbocycles. The van der Waals surface area contributed by atoms with Crippen LogP contribution in [0.2, 0.25) is 0 Å². The first kappa shape index (κ1) is 27.2. The van der Waals surface area contributed by atoms with Crippen molar-refractivity contribution in [3.8, 4) is 39.2 Å². The largest absolute Gasteiger partial charge is 0.376 e. The summed E-state index contributed by atoms with van der Waals surface area (Å²) in [6.07, 6.45) is 0. The number of rotatable bonds is 2. The molecule has 3 heterocycles. The van der Waals surface area contributed by atoms with Crippen molar-refractivity contribution in [3.05, 3.63) is 162 Å². The molecule has 0 unspecified atom stereocenters. The van der Waals surface area contributed by atoms with Crippen molar-refractivity contribution >= 4 is 50.8 Å². The molecule has 11 rings (SSSR count). The normalized spacial score (nSPS) is 14.5. The molecule has 0 saturated heterocycles. The van der Waals surface area contributed by atoms with Gasteiger partial charge in [0, 0.05) is 44.4 Å². The number of aromatic nitrogens is 1. The Balaban J connectivity index is 1.28. The molecule has 2 aliphatic heterocycles. The third-order valence-corrected chi connectivity index (χ3v) is 11.6. The van der Waals surface area contributed by atoms with Gasteiger partial charge in [-0.3, -0.25) is 0 Å². The van der Waals surface area contributed by atoms with Crippen LogP contribution in [0.4, 0.5) is 11.4 Å². The van der Waals surface area contributed by atoms with Gasteiger partial charge in [-0.1, -0.05) is 141 Å². The molecule has 2 nitrogen and oxygen atoms in total. The molecule has 230 valence electrons. The Morgan fingerprint density at radius 3 is 2.18 bits per heavy atom. The second-order valence-electron chi connectivity index (χ2n) is 14.6. The van der Waals surface area contributed by atoms with Crippen LogP contribution in [-0.4, -0.2) is 11.4 Å². The molecule has 0 amide bonds. The van der Waals surface area contributed by atoms with E-state index in [1.807, 2.05) is 0 Å². The van der Waals surface area contributed by atoms with Crippen molar-refractivity contribution in [3.63, 3.8) is 0 Å². The highest BCUT2D eigenvalue weighted by Gasteiger charge is 2.48. The molecule has 0 atom stereocenters. The summed E-state index contributed by atoms with van der Waals surface area (Å²) in [4.78, 5) is 2.66. The Hall–Kier alpha value is -5.80. The van der Waals surface area contributed by atoms with Crippen molar-refractivity contribution < 1.29 is 0 Å². The molecular formula is C46H33BN2. The summed E-state index contributed by atoms with van der Waals surface area (Å²) in [6, 6.07) is 54.5. The van der Waals surface area contributed by atoms with E-state index in [-0.39, 0.29) is 12.3 Å². The van der Waals surface area contributed by atoms with Crippen LogP contribution in [0, 0.1) is 6.92 Å². The summed E-state index contributed by atoms with van der Waals surface area (Å²) >= 11 is 0. The Kier molecular flexibility index (Phi) is 5.23. The van der Waals surface area contributed by atoms with Crippen LogP contribution in [-0.2, 0) is 5.41 Å². The van der Waals surface area contributed by atoms with Crippen LogP contribution in [0.5, 0.6) is 0 Å². The number of hydrogen-bond acceptors (Lipinski definition) is 1. The first-order valence-corrected chi connectivity index (χ1v) is 17.4. The van der Waals surface area contributed by atoms with E-state index in [4.69, 9.17) is 0 Å². The molecular weight excluding hydrogens is 591 g/mol. The minimum absolute atomic E-state index is 0.0102. The number of para-hydroxylation sites is 1. The second kappa shape index (κ2) is 9.42. The van der Waals surface area contributed by atoms with Crippen LogP contribution in [0.15, 0.2) is 146 Å². The van der Waals surface area contributed by atoms with E-state index in [0.717, 1.165) is 0 Å². The highest BCUT2D eigenvalue weighted by atomic mass is 15.1. The van der Waals surface area contributed by atoms with Crippen molar-refractivity contribution in [2.24, 2.45) is 0 Å². The number of hydrogen-bond donors (Lipinski definition) is 0. The van der Waals surface area contributed by atoms with E-state index in [0.29, 0.717) is 0 Å². The molecule has 3 aliphatic rings. The fourth-order valence-electron chi connectivity index (χ4n) is 9.56. The minimum atomic E-state index is -0.104. The van der Waals surface area contributed by atoms with E-state index in [1.54, 1.807) is 0 Å². The first-order chi connectivity index (χ1) is 24.0. The predicted molar refractivity (Wildman–Crippen MR) is 208 cm³/mol. The molecule has 7 aromatic carbocycles. The van der Waals surface area contributed by atoms with E-state index in [2.05, 4.69) is 176 Å². The molecule has 8 aromatic rings. The van der Waals surface area contributed by atoms with Crippen LogP contribution in [0.25, 0.3) is 60.9 Å². The molecule has 1 aliphatic carbocycles. The lowest BCUT2D eigenvalue weighted by Gasteiger charge is -2.43. The molecule has 0 N–H and O–H groups in total. The highest BCUT2D eigenvalue weighted by Crippen LogP contribution is 2.55. The van der Waals surface area contributed by atoms with Crippen molar-refractivity contribution in [1.82, 2.24) is 4.57 Å². The Morgan fingerprint density at radius 2 is 1.33 bits per heavy atom. The average Bonchev–Trinajstić information content (AvgIpc) is 3.61. The van der Waals surface area contributed by atoms with E-state index in [1.165, 1.54) is 99.9 Å². The maximum absolute atomic E-state index is 2.66. The van der Waals surface area contributed by atoms with Gasteiger partial charge in [-0.15, -0.1) is 0 Å². The number of nitrogens with zero attached hydrogens (tertiary/aromatic N) is 2. The smallest absolute Gasteiger partial charge is 0.333 e. The predicted octanol–water partition coefficient (Wildman–Crippen LogP) is 10.3. The summed E-state index contributed by atoms with van der Waals surface area (Å²) in [5, 5.41) is 3.91. The molecule has 0 fully saturated rings. The molecule has 0 bridgehead atoms. The molecule has 0 spiro atoms.